The number of para-hydroxylation sites is 1. The van der Waals surface area contributed by atoms with E-state index in [1.54, 1.807) is 0 Å². The van der Waals surface area contributed by atoms with Crippen molar-refractivity contribution in [3.8, 4) is 5.75 Å². The van der Waals surface area contributed by atoms with Crippen molar-refractivity contribution >= 4 is 17.5 Å². The second-order valence-electron chi connectivity index (χ2n) is 7.21. The lowest BCUT2D eigenvalue weighted by atomic mass is 10.1. The molecular weight excluding hydrogens is 406 g/mol. The van der Waals surface area contributed by atoms with Crippen LogP contribution in [0.5, 0.6) is 5.75 Å². The number of alkyl halides is 2. The first-order valence-electron chi connectivity index (χ1n) is 10.1. The molecule has 9 heteroatoms. The van der Waals surface area contributed by atoms with Crippen LogP contribution in [-0.4, -0.2) is 56.0 Å². The SMILES string of the molecule is O=C(CCN1CCN(c2ccccc2)CC1)NNC(=O)Cc1ccc(OC(F)F)cc1. The number of hydrogen-bond acceptors (Lipinski definition) is 5. The van der Waals surface area contributed by atoms with Crippen LogP contribution in [0.3, 0.4) is 0 Å². The zero-order chi connectivity index (χ0) is 22.1. The molecule has 31 heavy (non-hydrogen) atoms. The molecule has 1 heterocycles. The third-order valence-corrected chi connectivity index (χ3v) is 5.00. The summed E-state index contributed by atoms with van der Waals surface area (Å²) in [6.45, 7) is 1.29. The molecule has 1 saturated heterocycles. The van der Waals surface area contributed by atoms with Crippen LogP contribution < -0.4 is 20.5 Å². The molecule has 166 valence electrons. The van der Waals surface area contributed by atoms with Crippen molar-refractivity contribution in [1.82, 2.24) is 15.8 Å². The number of anilines is 1. The van der Waals surface area contributed by atoms with Gasteiger partial charge in [0, 0.05) is 44.8 Å². The lowest BCUT2D eigenvalue weighted by Gasteiger charge is -2.36. The third kappa shape index (κ3) is 7.53. The molecule has 3 rings (SSSR count). The molecule has 0 spiro atoms. The Labute approximate surface area is 179 Å². The number of nitrogens with one attached hydrogen (secondary N) is 2. The highest BCUT2D eigenvalue weighted by molar-refractivity contribution is 5.83. The first-order chi connectivity index (χ1) is 15.0. The number of piperazine rings is 1. The Bertz CT molecular complexity index is 842. The molecule has 0 radical (unpaired) electrons. The Kier molecular flexibility index (Phi) is 8.17. The number of carbonyl (C=O) groups is 2. The fourth-order valence-corrected chi connectivity index (χ4v) is 3.35. The highest BCUT2D eigenvalue weighted by Crippen LogP contribution is 2.16. The molecule has 0 bridgehead atoms. The average molecular weight is 432 g/mol. The van der Waals surface area contributed by atoms with Gasteiger partial charge in [-0.3, -0.25) is 25.3 Å². The zero-order valence-electron chi connectivity index (χ0n) is 17.1. The van der Waals surface area contributed by atoms with Crippen molar-refractivity contribution in [2.75, 3.05) is 37.6 Å². The van der Waals surface area contributed by atoms with Gasteiger partial charge >= 0.3 is 6.61 Å². The number of halogens is 2. The van der Waals surface area contributed by atoms with Crippen LogP contribution in [0.1, 0.15) is 12.0 Å². The van der Waals surface area contributed by atoms with E-state index in [4.69, 9.17) is 0 Å². The number of hydrazine groups is 1. The van der Waals surface area contributed by atoms with Crippen molar-refractivity contribution in [2.24, 2.45) is 0 Å². The Morgan fingerprint density at radius 3 is 2.19 bits per heavy atom. The highest BCUT2D eigenvalue weighted by atomic mass is 19.3. The summed E-state index contributed by atoms with van der Waals surface area (Å²) < 4.78 is 28.6. The molecule has 0 aromatic heterocycles. The van der Waals surface area contributed by atoms with Crippen LogP contribution >= 0.6 is 0 Å². The van der Waals surface area contributed by atoms with E-state index in [9.17, 15) is 18.4 Å². The molecule has 0 aliphatic carbocycles. The molecular formula is C22H26F2N4O3. The molecule has 2 N–H and O–H groups in total. The van der Waals surface area contributed by atoms with Crippen LogP contribution in [0.2, 0.25) is 0 Å². The topological polar surface area (TPSA) is 73.9 Å². The fourth-order valence-electron chi connectivity index (χ4n) is 3.35. The first-order valence-corrected chi connectivity index (χ1v) is 10.1. The average Bonchev–Trinajstić information content (AvgIpc) is 2.78. The Balaban J connectivity index is 1.31. The maximum Gasteiger partial charge on any atom is 0.387 e. The van der Waals surface area contributed by atoms with Gasteiger partial charge in [-0.1, -0.05) is 30.3 Å². The van der Waals surface area contributed by atoms with Gasteiger partial charge in [0.2, 0.25) is 11.8 Å². The van der Waals surface area contributed by atoms with Gasteiger partial charge in [-0.2, -0.15) is 8.78 Å². The van der Waals surface area contributed by atoms with Crippen LogP contribution in [0.25, 0.3) is 0 Å². The first kappa shape index (κ1) is 22.5. The minimum Gasteiger partial charge on any atom is -0.435 e. The monoisotopic (exact) mass is 432 g/mol. The minimum absolute atomic E-state index is 0.0106. The van der Waals surface area contributed by atoms with Gasteiger partial charge in [-0.05, 0) is 29.8 Å². The summed E-state index contributed by atoms with van der Waals surface area (Å²) in [6.07, 6.45) is 0.294. The van der Waals surface area contributed by atoms with Crippen molar-refractivity contribution in [3.05, 3.63) is 60.2 Å². The zero-order valence-corrected chi connectivity index (χ0v) is 17.1. The second kappa shape index (κ2) is 11.3. The number of amides is 2. The number of rotatable bonds is 8. The summed E-state index contributed by atoms with van der Waals surface area (Å²) in [6, 6.07) is 16.0. The lowest BCUT2D eigenvalue weighted by Crippen LogP contribution is -2.48. The van der Waals surface area contributed by atoms with Crippen molar-refractivity contribution in [1.29, 1.82) is 0 Å². The highest BCUT2D eigenvalue weighted by Gasteiger charge is 2.17. The number of benzene rings is 2. The maximum atomic E-state index is 12.1. The van der Waals surface area contributed by atoms with Gasteiger partial charge in [0.05, 0.1) is 6.42 Å². The maximum absolute atomic E-state index is 12.1. The van der Waals surface area contributed by atoms with Crippen molar-refractivity contribution in [2.45, 2.75) is 19.5 Å². The van der Waals surface area contributed by atoms with E-state index in [-0.39, 0.29) is 24.5 Å². The molecule has 7 nitrogen and oxygen atoms in total. The van der Waals surface area contributed by atoms with Gasteiger partial charge in [0.25, 0.3) is 0 Å². The van der Waals surface area contributed by atoms with Gasteiger partial charge in [-0.25, -0.2) is 0 Å². The van der Waals surface area contributed by atoms with E-state index in [0.717, 1.165) is 26.2 Å². The summed E-state index contributed by atoms with van der Waals surface area (Å²) in [4.78, 5) is 28.5. The summed E-state index contributed by atoms with van der Waals surface area (Å²) in [5.74, 6) is -0.635. The summed E-state index contributed by atoms with van der Waals surface area (Å²) in [5, 5.41) is 0. The fraction of sp³-hybridized carbons (Fsp3) is 0.364. The quantitative estimate of drug-likeness (QED) is 0.626. The van der Waals surface area contributed by atoms with E-state index >= 15 is 0 Å². The van der Waals surface area contributed by atoms with E-state index in [1.165, 1.54) is 30.0 Å². The molecule has 2 aromatic carbocycles. The van der Waals surface area contributed by atoms with E-state index in [2.05, 4.69) is 37.5 Å². The Morgan fingerprint density at radius 1 is 0.903 bits per heavy atom. The number of carbonyl (C=O) groups excluding carboxylic acids is 2. The van der Waals surface area contributed by atoms with Crippen LogP contribution in [-0.2, 0) is 16.0 Å². The third-order valence-electron chi connectivity index (χ3n) is 5.00. The smallest absolute Gasteiger partial charge is 0.387 e. The summed E-state index contributed by atoms with van der Waals surface area (Å²) in [7, 11) is 0. The summed E-state index contributed by atoms with van der Waals surface area (Å²) >= 11 is 0. The van der Waals surface area contributed by atoms with Crippen LogP contribution in [0.4, 0.5) is 14.5 Å². The Hall–Kier alpha value is -3.20. The summed E-state index contributed by atoms with van der Waals surface area (Å²) in [5.41, 5.74) is 6.62. The molecule has 0 atom stereocenters. The molecule has 2 aromatic rings. The second-order valence-corrected chi connectivity index (χ2v) is 7.21. The van der Waals surface area contributed by atoms with Crippen LogP contribution in [0.15, 0.2) is 54.6 Å². The minimum atomic E-state index is -2.89. The number of ether oxygens (including phenoxy) is 1. The number of hydrogen-bond donors (Lipinski definition) is 2. The number of nitrogens with zero attached hydrogens (tertiary/aromatic N) is 2. The van der Waals surface area contributed by atoms with Crippen LogP contribution in [0, 0.1) is 0 Å². The van der Waals surface area contributed by atoms with Gasteiger partial charge in [0.1, 0.15) is 5.75 Å². The molecule has 1 fully saturated rings. The lowest BCUT2D eigenvalue weighted by molar-refractivity contribution is -0.128. The predicted molar refractivity (Wildman–Crippen MR) is 113 cm³/mol. The molecule has 1 aliphatic heterocycles. The Morgan fingerprint density at radius 2 is 1.55 bits per heavy atom. The van der Waals surface area contributed by atoms with E-state index in [1.807, 2.05) is 18.2 Å². The molecule has 0 unspecified atom stereocenters. The van der Waals surface area contributed by atoms with E-state index in [0.29, 0.717) is 12.1 Å². The predicted octanol–water partition coefficient (Wildman–Crippen LogP) is 2.19. The van der Waals surface area contributed by atoms with Crippen molar-refractivity contribution < 1.29 is 23.1 Å². The largest absolute Gasteiger partial charge is 0.435 e. The van der Waals surface area contributed by atoms with E-state index < -0.39 is 12.5 Å². The van der Waals surface area contributed by atoms with Crippen molar-refractivity contribution in [3.63, 3.8) is 0 Å². The molecule has 0 saturated carbocycles. The molecule has 2 amide bonds. The normalized spacial score (nSPS) is 14.4. The van der Waals surface area contributed by atoms with Gasteiger partial charge < -0.3 is 9.64 Å². The standard InChI is InChI=1S/C22H26F2N4O3/c23-22(24)31-19-8-6-17(7-9-19)16-21(30)26-25-20(29)10-11-27-12-14-28(15-13-27)18-4-2-1-3-5-18/h1-9,22H,10-16H2,(H,25,29)(H,26,30). The molecule has 1 aliphatic rings. The van der Waals surface area contributed by atoms with Gasteiger partial charge in [-0.15, -0.1) is 0 Å². The van der Waals surface area contributed by atoms with Gasteiger partial charge in [0.15, 0.2) is 0 Å².